The van der Waals surface area contributed by atoms with E-state index in [0.717, 1.165) is 35.1 Å². The quantitative estimate of drug-likeness (QED) is 0.834. The molecule has 3 nitrogen and oxygen atoms in total. The lowest BCUT2D eigenvalue weighted by Crippen LogP contribution is -2.15. The molecule has 0 aliphatic heterocycles. The normalized spacial score (nSPS) is 12.8. The second-order valence-corrected chi connectivity index (χ2v) is 4.90. The number of hydrogen-bond acceptors (Lipinski definition) is 2. The van der Waals surface area contributed by atoms with E-state index in [-0.39, 0.29) is 11.7 Å². The molecule has 0 amide bonds. The summed E-state index contributed by atoms with van der Waals surface area (Å²) < 4.78 is 2.95. The highest BCUT2D eigenvalue weighted by Crippen LogP contribution is 2.25. The van der Waals surface area contributed by atoms with Crippen LogP contribution in [0.2, 0.25) is 0 Å². The molecule has 0 bridgehead atoms. The summed E-state index contributed by atoms with van der Waals surface area (Å²) in [6, 6.07) is 0. The van der Waals surface area contributed by atoms with E-state index in [9.17, 15) is 4.79 Å². The van der Waals surface area contributed by atoms with Crippen LogP contribution in [0.3, 0.4) is 0 Å². The molecule has 0 saturated heterocycles. The SMILES string of the molecule is CCc1nn(C)c(CC(CC)C(C)=O)c1Br. The number of rotatable bonds is 5. The van der Waals surface area contributed by atoms with E-state index in [1.54, 1.807) is 6.92 Å². The number of hydrogen-bond donors (Lipinski definition) is 0. The predicted octanol–water partition coefficient (Wildman–Crippen LogP) is 2.90. The third-order valence-corrected chi connectivity index (χ3v) is 3.93. The predicted molar refractivity (Wildman–Crippen MR) is 68.5 cm³/mol. The molecule has 0 radical (unpaired) electrons. The Balaban J connectivity index is 2.96. The summed E-state index contributed by atoms with van der Waals surface area (Å²) in [6.07, 6.45) is 2.57. The van der Waals surface area contributed by atoms with Gasteiger partial charge in [-0.1, -0.05) is 13.8 Å². The zero-order valence-electron chi connectivity index (χ0n) is 10.4. The lowest BCUT2D eigenvalue weighted by Gasteiger charge is -2.11. The minimum Gasteiger partial charge on any atom is -0.300 e. The molecule has 0 saturated carbocycles. The summed E-state index contributed by atoms with van der Waals surface area (Å²) >= 11 is 3.57. The summed E-state index contributed by atoms with van der Waals surface area (Å²) in [5.41, 5.74) is 2.19. The van der Waals surface area contributed by atoms with Crippen molar-refractivity contribution < 1.29 is 4.79 Å². The molecule has 0 N–H and O–H groups in total. The molecule has 0 aliphatic carbocycles. The van der Waals surface area contributed by atoms with Gasteiger partial charge in [-0.05, 0) is 35.7 Å². The van der Waals surface area contributed by atoms with Crippen LogP contribution in [0.1, 0.15) is 38.6 Å². The summed E-state index contributed by atoms with van der Waals surface area (Å²) in [5, 5.41) is 4.43. The van der Waals surface area contributed by atoms with Gasteiger partial charge in [0, 0.05) is 19.4 Å². The molecule has 0 fully saturated rings. The first-order valence-electron chi connectivity index (χ1n) is 5.71. The molecular weight excluding hydrogens is 268 g/mol. The fourth-order valence-electron chi connectivity index (χ4n) is 1.85. The standard InChI is InChI=1S/C12H19BrN2O/c1-5-9(8(3)16)7-11-12(13)10(6-2)14-15(11)4/h9H,5-7H2,1-4H3. The van der Waals surface area contributed by atoms with Crippen LogP contribution in [-0.2, 0) is 24.7 Å². The molecule has 0 spiro atoms. The second-order valence-electron chi connectivity index (χ2n) is 4.10. The van der Waals surface area contributed by atoms with Gasteiger partial charge >= 0.3 is 0 Å². The Hall–Kier alpha value is -0.640. The van der Waals surface area contributed by atoms with Crippen molar-refractivity contribution in [1.82, 2.24) is 9.78 Å². The smallest absolute Gasteiger partial charge is 0.133 e. The highest BCUT2D eigenvalue weighted by molar-refractivity contribution is 9.10. The Morgan fingerprint density at radius 1 is 1.50 bits per heavy atom. The Morgan fingerprint density at radius 2 is 2.12 bits per heavy atom. The summed E-state index contributed by atoms with van der Waals surface area (Å²) in [6.45, 7) is 5.80. The number of carbonyl (C=O) groups is 1. The maximum Gasteiger partial charge on any atom is 0.133 e. The lowest BCUT2D eigenvalue weighted by atomic mass is 9.96. The van der Waals surface area contributed by atoms with E-state index in [1.807, 2.05) is 11.7 Å². The number of aromatic nitrogens is 2. The van der Waals surface area contributed by atoms with Crippen LogP contribution >= 0.6 is 15.9 Å². The van der Waals surface area contributed by atoms with Gasteiger partial charge in [-0.25, -0.2) is 0 Å². The van der Waals surface area contributed by atoms with E-state index in [0.29, 0.717) is 0 Å². The maximum absolute atomic E-state index is 11.4. The second kappa shape index (κ2) is 5.62. The summed E-state index contributed by atoms with van der Waals surface area (Å²) in [4.78, 5) is 11.4. The van der Waals surface area contributed by atoms with Crippen molar-refractivity contribution in [2.75, 3.05) is 0 Å². The van der Waals surface area contributed by atoms with E-state index >= 15 is 0 Å². The van der Waals surface area contributed by atoms with Crippen LogP contribution in [-0.4, -0.2) is 15.6 Å². The number of Topliss-reactive ketones (excluding diaryl/α,β-unsaturated/α-hetero) is 1. The molecule has 0 aromatic carbocycles. The highest BCUT2D eigenvalue weighted by Gasteiger charge is 2.19. The highest BCUT2D eigenvalue weighted by atomic mass is 79.9. The van der Waals surface area contributed by atoms with Gasteiger partial charge in [-0.15, -0.1) is 0 Å². The van der Waals surface area contributed by atoms with E-state index in [1.165, 1.54) is 0 Å². The van der Waals surface area contributed by atoms with Crippen molar-refractivity contribution in [3.05, 3.63) is 15.9 Å². The third kappa shape index (κ3) is 2.73. The largest absolute Gasteiger partial charge is 0.300 e. The first-order valence-corrected chi connectivity index (χ1v) is 6.51. The molecule has 1 atom stereocenters. The van der Waals surface area contributed by atoms with Gasteiger partial charge in [0.25, 0.3) is 0 Å². The number of ketones is 1. The van der Waals surface area contributed by atoms with Crippen LogP contribution in [0.4, 0.5) is 0 Å². The van der Waals surface area contributed by atoms with Crippen molar-refractivity contribution in [2.45, 2.75) is 40.0 Å². The van der Waals surface area contributed by atoms with Gasteiger partial charge in [0.1, 0.15) is 5.78 Å². The van der Waals surface area contributed by atoms with Gasteiger partial charge in [0.15, 0.2) is 0 Å². The number of aryl methyl sites for hydroxylation is 2. The van der Waals surface area contributed by atoms with Crippen LogP contribution in [0.15, 0.2) is 4.47 Å². The third-order valence-electron chi connectivity index (χ3n) is 3.01. The van der Waals surface area contributed by atoms with Crippen LogP contribution in [0.25, 0.3) is 0 Å². The van der Waals surface area contributed by atoms with E-state index < -0.39 is 0 Å². The molecule has 1 unspecified atom stereocenters. The van der Waals surface area contributed by atoms with Gasteiger partial charge in [-0.3, -0.25) is 9.48 Å². The van der Waals surface area contributed by atoms with Gasteiger partial charge < -0.3 is 0 Å². The first-order chi connectivity index (χ1) is 7.51. The summed E-state index contributed by atoms with van der Waals surface area (Å²) in [7, 11) is 1.94. The maximum atomic E-state index is 11.4. The zero-order valence-corrected chi connectivity index (χ0v) is 12.0. The average molecular weight is 287 g/mol. The summed E-state index contributed by atoms with van der Waals surface area (Å²) in [5.74, 6) is 0.366. The topological polar surface area (TPSA) is 34.9 Å². The number of halogens is 1. The van der Waals surface area contributed by atoms with E-state index in [4.69, 9.17) is 0 Å². The Bertz CT molecular complexity index is 385. The monoisotopic (exact) mass is 286 g/mol. The molecular formula is C12H19BrN2O. The number of carbonyl (C=O) groups excluding carboxylic acids is 1. The Kier molecular flexibility index (Phi) is 4.71. The zero-order chi connectivity index (χ0) is 12.3. The molecule has 1 aromatic heterocycles. The van der Waals surface area contributed by atoms with E-state index in [2.05, 4.69) is 34.9 Å². The lowest BCUT2D eigenvalue weighted by molar-refractivity contribution is -0.120. The van der Waals surface area contributed by atoms with Crippen molar-refractivity contribution in [3.8, 4) is 0 Å². The van der Waals surface area contributed by atoms with Crippen LogP contribution < -0.4 is 0 Å². The molecule has 1 rings (SSSR count). The first kappa shape index (κ1) is 13.4. The molecule has 1 heterocycles. The van der Waals surface area contributed by atoms with Crippen molar-refractivity contribution in [1.29, 1.82) is 0 Å². The Labute approximate surface area is 105 Å². The van der Waals surface area contributed by atoms with Gasteiger partial charge in [0.05, 0.1) is 15.9 Å². The van der Waals surface area contributed by atoms with Crippen molar-refractivity contribution in [2.24, 2.45) is 13.0 Å². The Morgan fingerprint density at radius 3 is 2.50 bits per heavy atom. The van der Waals surface area contributed by atoms with Crippen LogP contribution in [0.5, 0.6) is 0 Å². The molecule has 4 heteroatoms. The number of nitrogens with zero attached hydrogens (tertiary/aromatic N) is 2. The fraction of sp³-hybridized carbons (Fsp3) is 0.667. The van der Waals surface area contributed by atoms with Crippen molar-refractivity contribution >= 4 is 21.7 Å². The molecule has 90 valence electrons. The van der Waals surface area contributed by atoms with Gasteiger partial charge in [-0.2, -0.15) is 5.10 Å². The van der Waals surface area contributed by atoms with Gasteiger partial charge in [0.2, 0.25) is 0 Å². The minimum atomic E-state index is 0.108. The van der Waals surface area contributed by atoms with Crippen molar-refractivity contribution in [3.63, 3.8) is 0 Å². The fourth-order valence-corrected chi connectivity index (χ4v) is 2.63. The molecule has 0 aliphatic rings. The van der Waals surface area contributed by atoms with Crippen LogP contribution in [0, 0.1) is 5.92 Å². The minimum absolute atomic E-state index is 0.108. The average Bonchev–Trinajstić information content (AvgIpc) is 2.51. The molecule has 16 heavy (non-hydrogen) atoms. The molecule has 1 aromatic rings.